The third-order valence-electron chi connectivity index (χ3n) is 7.87. The highest BCUT2D eigenvalue weighted by molar-refractivity contribution is 9.25. The van der Waals surface area contributed by atoms with Crippen molar-refractivity contribution in [2.24, 2.45) is 17.8 Å². The van der Waals surface area contributed by atoms with Crippen LogP contribution in [0.2, 0.25) is 0 Å². The van der Waals surface area contributed by atoms with Crippen molar-refractivity contribution in [3.8, 4) is 0 Å². The van der Waals surface area contributed by atoms with E-state index in [2.05, 4.69) is 61.0 Å². The summed E-state index contributed by atoms with van der Waals surface area (Å²) in [6.45, 7) is 12.9. The van der Waals surface area contributed by atoms with Gasteiger partial charge in [0.2, 0.25) is 17.6 Å². The third-order valence-corrected chi connectivity index (χ3v) is 10.1. The number of amides is 4. The Morgan fingerprint density at radius 1 is 1.05 bits per heavy atom. The van der Waals surface area contributed by atoms with Crippen LogP contribution in [0.1, 0.15) is 65.7 Å². The summed E-state index contributed by atoms with van der Waals surface area (Å²) < 4.78 is 4.94. The van der Waals surface area contributed by atoms with Gasteiger partial charge in [-0.05, 0) is 52.4 Å². The molecule has 10 nitrogen and oxygen atoms in total. The first-order valence-corrected chi connectivity index (χ1v) is 15.8. The Balaban J connectivity index is 1.85. The van der Waals surface area contributed by atoms with E-state index >= 15 is 0 Å². The number of fused-ring (bicyclic) bond motifs is 1. The van der Waals surface area contributed by atoms with Crippen molar-refractivity contribution in [1.29, 1.82) is 0 Å². The maximum atomic E-state index is 14.1. The van der Waals surface area contributed by atoms with E-state index in [1.54, 1.807) is 26.8 Å². The molecular formula is C29H42Br2N4O6. The van der Waals surface area contributed by atoms with Crippen molar-refractivity contribution in [3.63, 3.8) is 0 Å². The number of likely N-dealkylation sites (tertiary alicyclic amines) is 1. The van der Waals surface area contributed by atoms with E-state index < -0.39 is 50.7 Å². The molecule has 1 aliphatic heterocycles. The van der Waals surface area contributed by atoms with Gasteiger partial charge < -0.3 is 25.6 Å². The highest BCUT2D eigenvalue weighted by Crippen LogP contribution is 2.67. The topological polar surface area (TPSA) is 134 Å². The molecule has 12 heteroatoms. The number of hydrogen-bond acceptors (Lipinski definition) is 6. The van der Waals surface area contributed by atoms with E-state index in [-0.39, 0.29) is 36.6 Å². The summed E-state index contributed by atoms with van der Waals surface area (Å²) in [5.41, 5.74) is -0.738. The van der Waals surface area contributed by atoms with Gasteiger partial charge in [-0.2, -0.15) is 0 Å². The SMILES string of the molecule is C=CCCC(NC(=O)[C@@H]1C2C(CN1C(=O)[C@@H](NC(=O)OC(C)(C)C)C1CCCCC1)C2(Br)Br)C(=O)C(=O)NCC=C. The van der Waals surface area contributed by atoms with Gasteiger partial charge in [0.05, 0.1) is 9.28 Å². The lowest BCUT2D eigenvalue weighted by atomic mass is 9.83. The summed E-state index contributed by atoms with van der Waals surface area (Å²) >= 11 is 7.29. The van der Waals surface area contributed by atoms with Gasteiger partial charge in [-0.15, -0.1) is 13.2 Å². The lowest BCUT2D eigenvalue weighted by Crippen LogP contribution is -2.60. The minimum absolute atomic E-state index is 0.0473. The molecule has 1 heterocycles. The number of Topliss-reactive ketones (excluding diaryl/α,β-unsaturated/α-hetero) is 1. The van der Waals surface area contributed by atoms with Crippen molar-refractivity contribution in [3.05, 3.63) is 25.3 Å². The molecule has 3 rings (SSSR count). The predicted molar refractivity (Wildman–Crippen MR) is 162 cm³/mol. The molecule has 3 aliphatic rings. The van der Waals surface area contributed by atoms with Crippen LogP contribution in [0, 0.1) is 17.8 Å². The van der Waals surface area contributed by atoms with Crippen molar-refractivity contribution < 1.29 is 28.7 Å². The number of alkyl halides is 2. The molecule has 0 aromatic rings. The fourth-order valence-electron chi connectivity index (χ4n) is 5.82. The summed E-state index contributed by atoms with van der Waals surface area (Å²) in [5.74, 6) is -2.86. The van der Waals surface area contributed by atoms with Gasteiger partial charge in [-0.25, -0.2) is 4.79 Å². The van der Waals surface area contributed by atoms with Gasteiger partial charge in [-0.3, -0.25) is 19.2 Å². The van der Waals surface area contributed by atoms with Gasteiger partial charge in [0.1, 0.15) is 17.7 Å². The fraction of sp³-hybridized carbons (Fsp3) is 0.690. The number of ketones is 1. The molecule has 5 atom stereocenters. The first-order valence-electron chi connectivity index (χ1n) is 14.2. The van der Waals surface area contributed by atoms with Gasteiger partial charge in [0.15, 0.2) is 0 Å². The Morgan fingerprint density at radius 2 is 1.71 bits per heavy atom. The molecule has 0 radical (unpaired) electrons. The first-order chi connectivity index (χ1) is 19.2. The van der Waals surface area contributed by atoms with Crippen molar-refractivity contribution in [1.82, 2.24) is 20.9 Å². The number of ether oxygens (including phenoxy) is 1. The number of hydrogen-bond donors (Lipinski definition) is 3. The molecule has 3 fully saturated rings. The smallest absolute Gasteiger partial charge is 0.408 e. The number of alkyl carbamates (subject to hydrolysis) is 1. The predicted octanol–water partition coefficient (Wildman–Crippen LogP) is 3.73. The molecule has 0 aromatic heterocycles. The third kappa shape index (κ3) is 8.21. The van der Waals surface area contributed by atoms with Crippen LogP contribution in [0.4, 0.5) is 4.79 Å². The second-order valence-corrected chi connectivity index (χ2v) is 15.7. The van der Waals surface area contributed by atoms with Gasteiger partial charge in [0, 0.05) is 24.9 Å². The first kappa shape index (κ1) is 33.3. The lowest BCUT2D eigenvalue weighted by molar-refractivity contribution is -0.144. The van der Waals surface area contributed by atoms with Crippen LogP contribution in [0.25, 0.3) is 0 Å². The van der Waals surface area contributed by atoms with Crippen molar-refractivity contribution in [2.45, 2.75) is 92.7 Å². The number of rotatable bonds is 12. The van der Waals surface area contributed by atoms with Crippen molar-refractivity contribution >= 4 is 61.5 Å². The zero-order chi connectivity index (χ0) is 30.5. The Bertz CT molecular complexity index is 1050. The number of nitrogens with zero attached hydrogens (tertiary/aromatic N) is 1. The Labute approximate surface area is 259 Å². The monoisotopic (exact) mass is 700 g/mol. The molecule has 0 spiro atoms. The van der Waals surface area contributed by atoms with E-state index in [4.69, 9.17) is 4.74 Å². The minimum Gasteiger partial charge on any atom is -0.444 e. The normalized spacial score (nSPS) is 24.7. The standard InChI is InChI=1S/C29H42Br2N4O6/c1-6-8-14-19(23(36)25(38)32-15-7-2)33-24(37)22-20-18(29(20,30)31)16-35(22)26(39)21(17-12-10-9-11-13-17)34-27(40)41-28(3,4)5/h6-7,17-22H,1-2,8-16H2,3-5H3,(H,32,38)(H,33,37)(H,34,40)/t18?,19?,20?,21-,22-/m0/s1. The Morgan fingerprint density at radius 3 is 2.29 bits per heavy atom. The van der Waals surface area contributed by atoms with Crippen LogP contribution in [0.15, 0.2) is 25.3 Å². The summed E-state index contributed by atoms with van der Waals surface area (Å²) in [6, 6.07) is -2.84. The second kappa shape index (κ2) is 13.8. The molecule has 2 aliphatic carbocycles. The van der Waals surface area contributed by atoms with Crippen LogP contribution in [-0.4, -0.2) is 74.5 Å². The van der Waals surface area contributed by atoms with Gasteiger partial charge in [0.25, 0.3) is 5.91 Å². The maximum absolute atomic E-state index is 14.1. The second-order valence-electron chi connectivity index (χ2n) is 12.1. The lowest BCUT2D eigenvalue weighted by Gasteiger charge is -2.37. The molecular weight excluding hydrogens is 660 g/mol. The molecule has 4 amide bonds. The highest BCUT2D eigenvalue weighted by atomic mass is 79.9. The Kier molecular flexibility index (Phi) is 11.2. The van der Waals surface area contributed by atoms with E-state index in [9.17, 15) is 24.0 Å². The number of allylic oxidation sites excluding steroid dienone is 1. The number of nitrogens with one attached hydrogen (secondary N) is 3. The summed E-state index contributed by atoms with van der Waals surface area (Å²) in [5, 5.41) is 8.03. The summed E-state index contributed by atoms with van der Waals surface area (Å²) in [6.07, 6.45) is 7.50. The number of carbonyl (C=O) groups excluding carboxylic acids is 5. The van der Waals surface area contributed by atoms with Crippen LogP contribution in [0.5, 0.6) is 0 Å². The quantitative estimate of drug-likeness (QED) is 0.161. The average molecular weight is 702 g/mol. The molecule has 0 bridgehead atoms. The van der Waals surface area contributed by atoms with Crippen LogP contribution >= 0.6 is 31.9 Å². The van der Waals surface area contributed by atoms with Crippen LogP contribution in [-0.2, 0) is 23.9 Å². The molecule has 41 heavy (non-hydrogen) atoms. The van der Waals surface area contributed by atoms with Crippen LogP contribution < -0.4 is 16.0 Å². The molecule has 0 aromatic carbocycles. The fourth-order valence-corrected chi connectivity index (χ4v) is 7.55. The maximum Gasteiger partial charge on any atom is 0.408 e. The Hall–Kier alpha value is -2.21. The summed E-state index contributed by atoms with van der Waals surface area (Å²) in [7, 11) is 0. The van der Waals surface area contributed by atoms with E-state index in [0.717, 1.165) is 32.1 Å². The average Bonchev–Trinajstić information content (AvgIpc) is 3.23. The van der Waals surface area contributed by atoms with E-state index in [1.807, 2.05) is 0 Å². The number of carbonyl (C=O) groups is 5. The summed E-state index contributed by atoms with van der Waals surface area (Å²) in [4.78, 5) is 67.6. The van der Waals surface area contributed by atoms with Crippen molar-refractivity contribution in [2.75, 3.05) is 13.1 Å². The van der Waals surface area contributed by atoms with Crippen LogP contribution in [0.3, 0.4) is 0 Å². The zero-order valence-corrected chi connectivity index (χ0v) is 27.2. The highest BCUT2D eigenvalue weighted by Gasteiger charge is 2.73. The zero-order valence-electron chi connectivity index (χ0n) is 24.0. The molecule has 3 N–H and O–H groups in total. The largest absolute Gasteiger partial charge is 0.444 e. The number of halogens is 2. The van der Waals surface area contributed by atoms with Gasteiger partial charge >= 0.3 is 6.09 Å². The van der Waals surface area contributed by atoms with E-state index in [0.29, 0.717) is 13.0 Å². The molecule has 3 unspecified atom stereocenters. The molecule has 228 valence electrons. The van der Waals surface area contributed by atoms with E-state index in [1.165, 1.54) is 11.0 Å². The minimum atomic E-state index is -1.09. The molecule has 1 saturated heterocycles. The number of piperidine rings is 1. The van der Waals surface area contributed by atoms with Gasteiger partial charge in [-0.1, -0.05) is 63.3 Å². The molecule has 2 saturated carbocycles.